The van der Waals surface area contributed by atoms with Crippen molar-refractivity contribution >= 4 is 17.7 Å². The fraction of sp³-hybridized carbons (Fsp3) is 0.333. The standard InChI is InChI=1S/C30H32N4O5/c1-29(2,3)39-28(36)33-30(16-9-17-30)21-14-12-19(13-15-21)23-24(20-10-7-6-8-11-20)34-18-22(27(35)38-5)31-26(37-4)25(34)32-23/h6-8,10-15,18H,9,16-17H2,1-5H3,(H,33,36). The second-order valence-electron chi connectivity index (χ2n) is 10.6. The summed E-state index contributed by atoms with van der Waals surface area (Å²) in [6, 6.07) is 17.9. The van der Waals surface area contributed by atoms with Crippen molar-refractivity contribution in [1.82, 2.24) is 19.7 Å². The zero-order valence-corrected chi connectivity index (χ0v) is 22.8. The second kappa shape index (κ2) is 10.1. The number of fused-ring (bicyclic) bond motifs is 1. The van der Waals surface area contributed by atoms with E-state index >= 15 is 0 Å². The van der Waals surface area contributed by atoms with Crippen molar-refractivity contribution in [3.05, 3.63) is 72.1 Å². The number of carbonyl (C=O) groups excluding carboxylic acids is 2. The van der Waals surface area contributed by atoms with Crippen LogP contribution < -0.4 is 10.1 Å². The van der Waals surface area contributed by atoms with E-state index in [-0.39, 0.29) is 11.6 Å². The molecule has 39 heavy (non-hydrogen) atoms. The van der Waals surface area contributed by atoms with E-state index in [0.29, 0.717) is 11.3 Å². The topological polar surface area (TPSA) is 104 Å². The van der Waals surface area contributed by atoms with Crippen molar-refractivity contribution in [2.45, 2.75) is 51.2 Å². The summed E-state index contributed by atoms with van der Waals surface area (Å²) in [4.78, 5) is 34.2. The molecule has 2 aromatic heterocycles. The van der Waals surface area contributed by atoms with Crippen LogP contribution in [0.2, 0.25) is 0 Å². The molecule has 0 spiro atoms. The lowest BCUT2D eigenvalue weighted by molar-refractivity contribution is 0.0377. The smallest absolute Gasteiger partial charge is 0.408 e. The molecule has 0 saturated heterocycles. The Kier molecular flexibility index (Phi) is 6.76. The van der Waals surface area contributed by atoms with Crippen LogP contribution in [0.3, 0.4) is 0 Å². The minimum Gasteiger partial charge on any atom is -0.478 e. The highest BCUT2D eigenvalue weighted by Crippen LogP contribution is 2.43. The zero-order valence-electron chi connectivity index (χ0n) is 22.8. The number of methoxy groups -OCH3 is 2. The summed E-state index contributed by atoms with van der Waals surface area (Å²) in [5.74, 6) is -0.356. The number of aromatic nitrogens is 3. The van der Waals surface area contributed by atoms with E-state index in [4.69, 9.17) is 19.2 Å². The molecule has 1 saturated carbocycles. The van der Waals surface area contributed by atoms with Gasteiger partial charge in [-0.2, -0.15) is 0 Å². The summed E-state index contributed by atoms with van der Waals surface area (Å²) >= 11 is 0. The number of benzene rings is 2. The van der Waals surface area contributed by atoms with Gasteiger partial charge in [0.15, 0.2) is 5.69 Å². The minimum atomic E-state index is -0.572. The number of alkyl carbamates (subject to hydrolysis) is 1. The lowest BCUT2D eigenvalue weighted by Gasteiger charge is -2.43. The van der Waals surface area contributed by atoms with Crippen LogP contribution in [0.15, 0.2) is 60.8 Å². The molecule has 0 bridgehead atoms. The first-order valence-electron chi connectivity index (χ1n) is 12.9. The van der Waals surface area contributed by atoms with Crippen LogP contribution in [0, 0.1) is 0 Å². The third kappa shape index (κ3) is 5.04. The number of nitrogens with zero attached hydrogens (tertiary/aromatic N) is 3. The maximum absolute atomic E-state index is 12.6. The summed E-state index contributed by atoms with van der Waals surface area (Å²) in [7, 11) is 2.80. The molecule has 1 N–H and O–H groups in total. The van der Waals surface area contributed by atoms with Crippen molar-refractivity contribution in [1.29, 1.82) is 0 Å². The van der Waals surface area contributed by atoms with Gasteiger partial charge in [0.05, 0.1) is 31.1 Å². The number of carbonyl (C=O) groups is 2. The van der Waals surface area contributed by atoms with Crippen molar-refractivity contribution in [3.8, 4) is 28.4 Å². The third-order valence-corrected chi connectivity index (χ3v) is 6.87. The normalized spacial score (nSPS) is 14.4. The molecular weight excluding hydrogens is 496 g/mol. The van der Waals surface area contributed by atoms with E-state index in [1.54, 1.807) is 6.20 Å². The summed E-state index contributed by atoms with van der Waals surface area (Å²) in [5.41, 5.74) is 3.85. The molecule has 1 amide bonds. The lowest BCUT2D eigenvalue weighted by Crippen LogP contribution is -2.52. The van der Waals surface area contributed by atoms with Gasteiger partial charge in [0.2, 0.25) is 5.65 Å². The van der Waals surface area contributed by atoms with Gasteiger partial charge in [0.25, 0.3) is 5.88 Å². The van der Waals surface area contributed by atoms with E-state index in [1.807, 2.05) is 79.8 Å². The van der Waals surface area contributed by atoms with Crippen molar-refractivity contribution in [3.63, 3.8) is 0 Å². The van der Waals surface area contributed by atoms with Gasteiger partial charge in [-0.05, 0) is 45.6 Å². The largest absolute Gasteiger partial charge is 0.478 e. The fourth-order valence-corrected chi connectivity index (χ4v) is 4.90. The van der Waals surface area contributed by atoms with Crippen LogP contribution >= 0.6 is 0 Å². The first-order chi connectivity index (χ1) is 18.6. The number of ether oxygens (including phenoxy) is 3. The van der Waals surface area contributed by atoms with Crippen LogP contribution in [-0.4, -0.2) is 46.3 Å². The highest BCUT2D eigenvalue weighted by molar-refractivity contribution is 5.89. The monoisotopic (exact) mass is 528 g/mol. The van der Waals surface area contributed by atoms with Crippen LogP contribution in [0.4, 0.5) is 4.79 Å². The molecule has 1 fully saturated rings. The number of imidazole rings is 1. The first-order valence-corrected chi connectivity index (χ1v) is 12.9. The van der Waals surface area contributed by atoms with Crippen LogP contribution in [0.1, 0.15) is 56.1 Å². The summed E-state index contributed by atoms with van der Waals surface area (Å²) < 4.78 is 17.8. The Morgan fingerprint density at radius 2 is 1.64 bits per heavy atom. The van der Waals surface area contributed by atoms with Gasteiger partial charge in [-0.3, -0.25) is 4.40 Å². The molecule has 1 aliphatic carbocycles. The van der Waals surface area contributed by atoms with Gasteiger partial charge in [-0.25, -0.2) is 19.6 Å². The molecule has 9 heteroatoms. The van der Waals surface area contributed by atoms with Gasteiger partial charge in [-0.1, -0.05) is 54.6 Å². The summed E-state index contributed by atoms with van der Waals surface area (Å²) in [5, 5.41) is 3.11. The van der Waals surface area contributed by atoms with Crippen molar-refractivity contribution in [2.75, 3.05) is 14.2 Å². The predicted molar refractivity (Wildman–Crippen MR) is 147 cm³/mol. The number of nitrogens with one attached hydrogen (secondary N) is 1. The van der Waals surface area contributed by atoms with Gasteiger partial charge in [0, 0.05) is 17.3 Å². The lowest BCUT2D eigenvalue weighted by atomic mass is 9.71. The van der Waals surface area contributed by atoms with E-state index < -0.39 is 23.2 Å². The van der Waals surface area contributed by atoms with Crippen molar-refractivity contribution in [2.24, 2.45) is 0 Å². The minimum absolute atomic E-state index is 0.110. The predicted octanol–water partition coefficient (Wildman–Crippen LogP) is 5.76. The Bertz CT molecular complexity index is 1520. The SMILES string of the molecule is COC(=O)c1cn2c(-c3ccccc3)c(-c3ccc(C4(NC(=O)OC(C)(C)C)CCC4)cc3)nc2c(OC)n1. The quantitative estimate of drug-likeness (QED) is 0.317. The van der Waals surface area contributed by atoms with E-state index in [2.05, 4.69) is 10.3 Å². The van der Waals surface area contributed by atoms with E-state index in [9.17, 15) is 9.59 Å². The van der Waals surface area contributed by atoms with Crippen molar-refractivity contribution < 1.29 is 23.8 Å². The Labute approximate surface area is 227 Å². The molecule has 9 nitrogen and oxygen atoms in total. The number of hydrogen-bond donors (Lipinski definition) is 1. The van der Waals surface area contributed by atoms with Crippen LogP contribution in [0.25, 0.3) is 28.2 Å². The molecule has 0 radical (unpaired) electrons. The molecule has 4 aromatic rings. The van der Waals surface area contributed by atoms with Gasteiger partial charge in [-0.15, -0.1) is 0 Å². The highest BCUT2D eigenvalue weighted by atomic mass is 16.6. The average Bonchev–Trinajstić information content (AvgIpc) is 3.29. The Morgan fingerprint density at radius 1 is 0.949 bits per heavy atom. The molecule has 5 rings (SSSR count). The molecule has 0 unspecified atom stereocenters. The highest BCUT2D eigenvalue weighted by Gasteiger charge is 2.41. The maximum Gasteiger partial charge on any atom is 0.408 e. The molecule has 202 valence electrons. The van der Waals surface area contributed by atoms with E-state index in [1.165, 1.54) is 14.2 Å². The van der Waals surface area contributed by atoms with Gasteiger partial charge < -0.3 is 19.5 Å². The van der Waals surface area contributed by atoms with Crippen LogP contribution in [0.5, 0.6) is 5.88 Å². The first kappa shape index (κ1) is 26.2. The number of hydrogen-bond acceptors (Lipinski definition) is 7. The molecule has 0 aliphatic heterocycles. The van der Waals surface area contributed by atoms with E-state index in [0.717, 1.165) is 41.6 Å². The zero-order chi connectivity index (χ0) is 27.8. The Balaban J connectivity index is 1.59. The number of esters is 1. The molecule has 2 heterocycles. The molecule has 1 aliphatic rings. The fourth-order valence-electron chi connectivity index (χ4n) is 4.90. The Hall–Kier alpha value is -4.40. The van der Waals surface area contributed by atoms with Crippen LogP contribution in [-0.2, 0) is 15.0 Å². The summed E-state index contributed by atoms with van der Waals surface area (Å²) in [6.07, 6.45) is 3.91. The molecule has 0 atom stereocenters. The number of rotatable bonds is 6. The summed E-state index contributed by atoms with van der Waals surface area (Å²) in [6.45, 7) is 5.56. The maximum atomic E-state index is 12.6. The molecule has 2 aromatic carbocycles. The third-order valence-electron chi connectivity index (χ3n) is 6.87. The van der Waals surface area contributed by atoms with Gasteiger partial charge in [0.1, 0.15) is 5.60 Å². The van der Waals surface area contributed by atoms with Gasteiger partial charge >= 0.3 is 12.1 Å². The number of amides is 1. The average molecular weight is 529 g/mol. The molecular formula is C30H32N4O5. The second-order valence-corrected chi connectivity index (χ2v) is 10.6. The Morgan fingerprint density at radius 3 is 2.21 bits per heavy atom.